The topological polar surface area (TPSA) is 48.7 Å². The summed E-state index contributed by atoms with van der Waals surface area (Å²) in [7, 11) is 2.15. The highest BCUT2D eigenvalue weighted by molar-refractivity contribution is 5.87. The van der Waals surface area contributed by atoms with Crippen LogP contribution in [-0.2, 0) is 4.79 Å². The van der Waals surface area contributed by atoms with Crippen LogP contribution in [0.25, 0.3) is 0 Å². The van der Waals surface area contributed by atoms with Crippen molar-refractivity contribution in [3.8, 4) is 0 Å². The molecule has 5 nitrogen and oxygen atoms in total. The van der Waals surface area contributed by atoms with Crippen LogP contribution in [0.1, 0.15) is 34.6 Å². The molecule has 0 unspecified atom stereocenters. The van der Waals surface area contributed by atoms with Gasteiger partial charge in [0, 0.05) is 32.7 Å². The third-order valence-corrected chi connectivity index (χ3v) is 6.07. The van der Waals surface area contributed by atoms with Crippen LogP contribution in [0.5, 0.6) is 0 Å². The fourth-order valence-corrected chi connectivity index (χ4v) is 4.26. The van der Waals surface area contributed by atoms with Gasteiger partial charge in [0.05, 0.1) is 12.0 Å². The molecule has 1 amide bonds. The predicted octanol–water partition coefficient (Wildman–Crippen LogP) is 3.82. The van der Waals surface area contributed by atoms with Gasteiger partial charge < -0.3 is 14.6 Å². The fourth-order valence-electron chi connectivity index (χ4n) is 4.26. The molecular formula is C26H31N3O2. The monoisotopic (exact) mass is 417 g/mol. The van der Waals surface area contributed by atoms with Crippen molar-refractivity contribution in [2.75, 3.05) is 39.8 Å². The number of hydrogen-bond acceptors (Lipinski definition) is 4. The molecule has 0 spiro atoms. The van der Waals surface area contributed by atoms with Crippen LogP contribution >= 0.6 is 0 Å². The third-order valence-electron chi connectivity index (χ3n) is 6.07. The van der Waals surface area contributed by atoms with Gasteiger partial charge in [0.25, 0.3) is 0 Å². The van der Waals surface area contributed by atoms with Gasteiger partial charge in [-0.2, -0.15) is 0 Å². The molecule has 1 saturated heterocycles. The SMILES string of the molecule is Cc1ccc([C@@H](CNC(=O)C(c2ccccc2)c2ccccc2)N2CCN(C)CC2)o1. The van der Waals surface area contributed by atoms with Crippen molar-refractivity contribution in [3.05, 3.63) is 95.4 Å². The zero-order chi connectivity index (χ0) is 21.6. The molecule has 162 valence electrons. The molecule has 0 saturated carbocycles. The summed E-state index contributed by atoms with van der Waals surface area (Å²) in [6.45, 7) is 6.42. The molecule has 1 N–H and O–H groups in total. The lowest BCUT2D eigenvalue weighted by Gasteiger charge is -2.37. The smallest absolute Gasteiger partial charge is 0.232 e. The van der Waals surface area contributed by atoms with Crippen LogP contribution < -0.4 is 5.32 Å². The third kappa shape index (κ3) is 5.24. The van der Waals surface area contributed by atoms with Crippen LogP contribution in [-0.4, -0.2) is 55.5 Å². The molecule has 31 heavy (non-hydrogen) atoms. The zero-order valence-corrected chi connectivity index (χ0v) is 18.3. The first-order chi connectivity index (χ1) is 15.1. The molecule has 1 aliphatic rings. The minimum atomic E-state index is -0.339. The van der Waals surface area contributed by atoms with Crippen LogP contribution in [0.15, 0.2) is 77.2 Å². The van der Waals surface area contributed by atoms with Gasteiger partial charge in [-0.1, -0.05) is 60.7 Å². The summed E-state index contributed by atoms with van der Waals surface area (Å²) in [5.41, 5.74) is 1.99. The van der Waals surface area contributed by atoms with Gasteiger partial charge in [0.15, 0.2) is 0 Å². The molecule has 0 bridgehead atoms. The Kier molecular flexibility index (Phi) is 6.85. The Morgan fingerprint density at radius 2 is 1.48 bits per heavy atom. The number of piperazine rings is 1. The highest BCUT2D eigenvalue weighted by Gasteiger charge is 2.29. The first kappa shape index (κ1) is 21.3. The summed E-state index contributed by atoms with van der Waals surface area (Å²) >= 11 is 0. The summed E-state index contributed by atoms with van der Waals surface area (Å²) in [6, 6.07) is 24.0. The van der Waals surface area contributed by atoms with Crippen molar-refractivity contribution in [2.45, 2.75) is 18.9 Å². The summed E-state index contributed by atoms with van der Waals surface area (Å²) in [5.74, 6) is 1.49. The highest BCUT2D eigenvalue weighted by Crippen LogP contribution is 2.27. The first-order valence-corrected chi connectivity index (χ1v) is 11.0. The van der Waals surface area contributed by atoms with E-state index in [4.69, 9.17) is 4.42 Å². The van der Waals surface area contributed by atoms with E-state index in [1.165, 1.54) is 0 Å². The van der Waals surface area contributed by atoms with E-state index in [-0.39, 0.29) is 17.9 Å². The lowest BCUT2D eigenvalue weighted by Crippen LogP contribution is -2.48. The normalized spacial score (nSPS) is 16.4. The Labute approximate surface area is 184 Å². The Balaban J connectivity index is 1.54. The second kappa shape index (κ2) is 9.94. The number of hydrogen-bond donors (Lipinski definition) is 1. The van der Waals surface area contributed by atoms with Gasteiger partial charge in [-0.25, -0.2) is 0 Å². The van der Waals surface area contributed by atoms with E-state index in [2.05, 4.69) is 22.2 Å². The first-order valence-electron chi connectivity index (χ1n) is 11.0. The predicted molar refractivity (Wildman–Crippen MR) is 123 cm³/mol. The maximum Gasteiger partial charge on any atom is 0.232 e. The van der Waals surface area contributed by atoms with Gasteiger partial charge in [0.1, 0.15) is 11.5 Å². The number of rotatable bonds is 7. The Morgan fingerprint density at radius 3 is 2.00 bits per heavy atom. The van der Waals surface area contributed by atoms with Gasteiger partial charge in [-0.15, -0.1) is 0 Å². The molecule has 1 atom stereocenters. The summed E-state index contributed by atoms with van der Waals surface area (Å²) in [5, 5.41) is 3.24. The van der Waals surface area contributed by atoms with E-state index >= 15 is 0 Å². The molecular weight excluding hydrogens is 386 g/mol. The number of benzene rings is 2. The molecule has 2 heterocycles. The molecule has 1 aromatic heterocycles. The lowest BCUT2D eigenvalue weighted by atomic mass is 9.90. The summed E-state index contributed by atoms with van der Waals surface area (Å²) in [4.78, 5) is 18.2. The molecule has 5 heteroatoms. The minimum absolute atomic E-state index is 0.0137. The zero-order valence-electron chi connectivity index (χ0n) is 18.3. The van der Waals surface area contributed by atoms with E-state index in [1.54, 1.807) is 0 Å². The standard InChI is InChI=1S/C26H31N3O2/c1-20-13-14-24(31-20)23(29-17-15-28(2)16-18-29)19-27-26(30)25(21-9-5-3-6-10-21)22-11-7-4-8-12-22/h3-14,23,25H,15-19H2,1-2H3,(H,27,30)/t23-/m1/s1. The van der Waals surface area contributed by atoms with Crippen molar-refractivity contribution in [3.63, 3.8) is 0 Å². The van der Waals surface area contributed by atoms with E-state index in [9.17, 15) is 4.79 Å². The van der Waals surface area contributed by atoms with E-state index in [0.29, 0.717) is 6.54 Å². The maximum absolute atomic E-state index is 13.5. The number of carbonyl (C=O) groups is 1. The Morgan fingerprint density at radius 1 is 0.903 bits per heavy atom. The lowest BCUT2D eigenvalue weighted by molar-refractivity contribution is -0.122. The molecule has 1 aliphatic heterocycles. The van der Waals surface area contributed by atoms with Gasteiger partial charge in [-0.3, -0.25) is 9.69 Å². The second-order valence-electron chi connectivity index (χ2n) is 8.30. The van der Waals surface area contributed by atoms with Crippen LogP contribution in [0.4, 0.5) is 0 Å². The number of nitrogens with one attached hydrogen (secondary N) is 1. The number of likely N-dealkylation sites (N-methyl/N-ethyl adjacent to an activating group) is 1. The van der Waals surface area contributed by atoms with Gasteiger partial charge in [-0.05, 0) is 37.2 Å². The summed E-state index contributed by atoms with van der Waals surface area (Å²) in [6.07, 6.45) is 0. The molecule has 1 fully saturated rings. The number of furan rings is 1. The molecule has 0 radical (unpaired) electrons. The molecule has 4 rings (SSSR count). The maximum atomic E-state index is 13.5. The van der Waals surface area contributed by atoms with E-state index in [1.807, 2.05) is 79.7 Å². The van der Waals surface area contributed by atoms with Crippen LogP contribution in [0.2, 0.25) is 0 Å². The van der Waals surface area contributed by atoms with Crippen molar-refractivity contribution in [2.24, 2.45) is 0 Å². The number of nitrogens with zero attached hydrogens (tertiary/aromatic N) is 2. The van der Waals surface area contributed by atoms with Crippen molar-refractivity contribution in [1.82, 2.24) is 15.1 Å². The van der Waals surface area contributed by atoms with Crippen molar-refractivity contribution in [1.29, 1.82) is 0 Å². The number of amides is 1. The van der Waals surface area contributed by atoms with Crippen molar-refractivity contribution < 1.29 is 9.21 Å². The minimum Gasteiger partial charge on any atom is -0.465 e. The average molecular weight is 418 g/mol. The van der Waals surface area contributed by atoms with Gasteiger partial charge in [0.2, 0.25) is 5.91 Å². The fraction of sp³-hybridized carbons (Fsp3) is 0.346. The Bertz CT molecular complexity index is 923. The second-order valence-corrected chi connectivity index (χ2v) is 8.30. The number of carbonyl (C=O) groups excluding carboxylic acids is 1. The quantitative estimate of drug-likeness (QED) is 0.635. The van der Waals surface area contributed by atoms with Crippen LogP contribution in [0.3, 0.4) is 0 Å². The summed E-state index contributed by atoms with van der Waals surface area (Å²) < 4.78 is 5.98. The van der Waals surface area contributed by atoms with E-state index < -0.39 is 0 Å². The molecule has 0 aliphatic carbocycles. The van der Waals surface area contributed by atoms with E-state index in [0.717, 1.165) is 48.8 Å². The average Bonchev–Trinajstić information content (AvgIpc) is 3.23. The highest BCUT2D eigenvalue weighted by atomic mass is 16.3. The van der Waals surface area contributed by atoms with Crippen LogP contribution in [0, 0.1) is 6.92 Å². The van der Waals surface area contributed by atoms with Crippen molar-refractivity contribution >= 4 is 5.91 Å². The Hall–Kier alpha value is -2.89. The number of aryl methyl sites for hydroxylation is 1. The largest absolute Gasteiger partial charge is 0.465 e. The molecule has 3 aromatic rings. The molecule has 2 aromatic carbocycles. The van der Waals surface area contributed by atoms with Gasteiger partial charge >= 0.3 is 0 Å².